The summed E-state index contributed by atoms with van der Waals surface area (Å²) in [5.41, 5.74) is 0.864. The molecule has 0 bridgehead atoms. The van der Waals surface area contributed by atoms with Crippen molar-refractivity contribution >= 4 is 27.8 Å². The fourth-order valence-corrected chi connectivity index (χ4v) is 6.15. The summed E-state index contributed by atoms with van der Waals surface area (Å²) < 4.78 is 32.7. The summed E-state index contributed by atoms with van der Waals surface area (Å²) in [5.74, 6) is -0.902. The topological polar surface area (TPSA) is 101 Å². The Morgan fingerprint density at radius 2 is 1.48 bits per heavy atom. The number of imide groups is 1. The van der Waals surface area contributed by atoms with Crippen molar-refractivity contribution in [2.45, 2.75) is 25.2 Å². The minimum Gasteiger partial charge on any atom is -0.460 e. The molecule has 0 saturated carbocycles. The van der Waals surface area contributed by atoms with E-state index in [2.05, 4.69) is 0 Å². The van der Waals surface area contributed by atoms with Gasteiger partial charge in [0.2, 0.25) is 10.0 Å². The van der Waals surface area contributed by atoms with Crippen LogP contribution in [0, 0.1) is 11.8 Å². The number of hydrogen-bond donors (Lipinski definition) is 0. The molecule has 4 rings (SSSR count). The minimum absolute atomic E-state index is 0.0596. The molecule has 2 atom stereocenters. The van der Waals surface area contributed by atoms with Crippen molar-refractivity contribution in [3.63, 3.8) is 0 Å². The highest BCUT2D eigenvalue weighted by atomic mass is 32.2. The fourth-order valence-electron chi connectivity index (χ4n) is 4.47. The molecule has 0 radical (unpaired) electrons. The average Bonchev–Trinajstić information content (AvgIpc) is 3.03. The third kappa shape index (κ3) is 4.56. The lowest BCUT2D eigenvalue weighted by Gasteiger charge is -2.34. The highest BCUT2D eigenvalue weighted by Gasteiger charge is 2.35. The monoisotopic (exact) mass is 470 g/mol. The molecule has 2 heterocycles. The first-order valence-corrected chi connectivity index (χ1v) is 12.3. The van der Waals surface area contributed by atoms with Crippen LogP contribution < -0.4 is 0 Å². The van der Waals surface area contributed by atoms with Gasteiger partial charge in [-0.15, -0.1) is 0 Å². The molecule has 0 aliphatic carbocycles. The van der Waals surface area contributed by atoms with Crippen LogP contribution >= 0.6 is 0 Å². The van der Waals surface area contributed by atoms with E-state index in [1.165, 1.54) is 28.6 Å². The number of benzene rings is 2. The van der Waals surface area contributed by atoms with Crippen LogP contribution in [0.2, 0.25) is 0 Å². The van der Waals surface area contributed by atoms with Gasteiger partial charge < -0.3 is 4.74 Å². The lowest BCUT2D eigenvalue weighted by molar-refractivity contribution is 0.0420. The van der Waals surface area contributed by atoms with Crippen LogP contribution in [0.4, 0.5) is 0 Å². The molecule has 0 aromatic heterocycles. The molecule has 174 valence electrons. The van der Waals surface area contributed by atoms with E-state index in [-0.39, 0.29) is 23.6 Å². The third-order valence-corrected chi connectivity index (χ3v) is 7.84. The number of sulfonamides is 1. The number of carbonyl (C=O) groups excluding carboxylic acids is 3. The molecule has 9 heteroatoms. The second-order valence-electron chi connectivity index (χ2n) is 8.74. The Hall–Kier alpha value is -3.04. The van der Waals surface area contributed by atoms with Gasteiger partial charge in [-0.2, -0.15) is 4.31 Å². The number of rotatable bonds is 6. The molecular formula is C24H26N2O6S. The Labute approximate surface area is 193 Å². The van der Waals surface area contributed by atoms with E-state index in [9.17, 15) is 22.8 Å². The van der Waals surface area contributed by atoms with Crippen LogP contribution in [-0.2, 0) is 14.8 Å². The Bertz CT molecular complexity index is 1150. The van der Waals surface area contributed by atoms with Gasteiger partial charge in [0.25, 0.3) is 11.8 Å². The maximum Gasteiger partial charge on any atom is 0.338 e. The predicted octanol–water partition coefficient (Wildman–Crippen LogP) is 2.81. The van der Waals surface area contributed by atoms with Gasteiger partial charge in [0.1, 0.15) is 6.61 Å². The molecule has 1 saturated heterocycles. The lowest BCUT2D eigenvalue weighted by Crippen LogP contribution is -2.42. The summed E-state index contributed by atoms with van der Waals surface area (Å²) in [7, 11) is -3.64. The number of piperidine rings is 1. The SMILES string of the molecule is CC1CC(C)CN(S(=O)(=O)c2ccc(C(=O)OCCN3C(=O)c4ccccc4C3=O)cc2)C1. The van der Waals surface area contributed by atoms with E-state index >= 15 is 0 Å². The number of esters is 1. The minimum atomic E-state index is -3.64. The van der Waals surface area contributed by atoms with Crippen molar-refractivity contribution in [3.8, 4) is 0 Å². The first-order chi connectivity index (χ1) is 15.7. The third-order valence-electron chi connectivity index (χ3n) is 5.99. The fraction of sp³-hybridized carbons (Fsp3) is 0.375. The molecule has 2 unspecified atom stereocenters. The Kier molecular flexibility index (Phi) is 6.36. The summed E-state index contributed by atoms with van der Waals surface area (Å²) in [4.78, 5) is 38.3. The molecule has 2 amide bonds. The van der Waals surface area contributed by atoms with Crippen molar-refractivity contribution in [3.05, 3.63) is 65.2 Å². The quantitative estimate of drug-likeness (QED) is 0.475. The average molecular weight is 471 g/mol. The molecule has 2 aliphatic rings. The highest BCUT2D eigenvalue weighted by molar-refractivity contribution is 7.89. The van der Waals surface area contributed by atoms with Gasteiger partial charge in [-0.3, -0.25) is 14.5 Å². The summed E-state index contributed by atoms with van der Waals surface area (Å²) in [6.07, 6.45) is 0.998. The van der Waals surface area contributed by atoms with Crippen molar-refractivity contribution in [2.24, 2.45) is 11.8 Å². The molecule has 33 heavy (non-hydrogen) atoms. The summed E-state index contributed by atoms with van der Waals surface area (Å²) in [6.45, 7) is 4.82. The van der Waals surface area contributed by atoms with Gasteiger partial charge in [-0.05, 0) is 54.7 Å². The summed E-state index contributed by atoms with van der Waals surface area (Å²) in [6, 6.07) is 12.2. The molecule has 1 fully saturated rings. The Morgan fingerprint density at radius 3 is 2.03 bits per heavy atom. The molecular weight excluding hydrogens is 444 g/mol. The van der Waals surface area contributed by atoms with Crippen LogP contribution in [0.15, 0.2) is 53.4 Å². The van der Waals surface area contributed by atoms with Crippen LogP contribution in [-0.4, -0.2) is 61.6 Å². The molecule has 2 aliphatic heterocycles. The smallest absolute Gasteiger partial charge is 0.338 e. The zero-order chi connectivity index (χ0) is 23.8. The number of fused-ring (bicyclic) bond motifs is 1. The van der Waals surface area contributed by atoms with Crippen LogP contribution in [0.3, 0.4) is 0 Å². The van der Waals surface area contributed by atoms with Gasteiger partial charge in [-0.1, -0.05) is 26.0 Å². The number of hydrogen-bond acceptors (Lipinski definition) is 6. The maximum atomic E-state index is 13.0. The lowest BCUT2D eigenvalue weighted by atomic mass is 9.94. The molecule has 8 nitrogen and oxygen atoms in total. The van der Waals surface area contributed by atoms with Gasteiger partial charge in [0.05, 0.1) is 28.1 Å². The second-order valence-corrected chi connectivity index (χ2v) is 10.7. The number of amides is 2. The van der Waals surface area contributed by atoms with E-state index in [0.717, 1.165) is 11.3 Å². The number of nitrogens with zero attached hydrogens (tertiary/aromatic N) is 2. The van der Waals surface area contributed by atoms with Gasteiger partial charge in [-0.25, -0.2) is 13.2 Å². The number of ether oxygens (including phenoxy) is 1. The van der Waals surface area contributed by atoms with Gasteiger partial charge in [0, 0.05) is 13.1 Å². The van der Waals surface area contributed by atoms with Crippen LogP contribution in [0.1, 0.15) is 51.3 Å². The molecule has 0 spiro atoms. The van der Waals surface area contributed by atoms with Gasteiger partial charge in [0.15, 0.2) is 0 Å². The normalized spacial score (nSPS) is 21.2. The molecule has 2 aromatic rings. The van der Waals surface area contributed by atoms with Gasteiger partial charge >= 0.3 is 5.97 Å². The van der Waals surface area contributed by atoms with Crippen molar-refractivity contribution in [2.75, 3.05) is 26.2 Å². The number of carbonyl (C=O) groups is 3. The van der Waals surface area contributed by atoms with E-state index < -0.39 is 27.8 Å². The zero-order valence-corrected chi connectivity index (χ0v) is 19.4. The first-order valence-electron chi connectivity index (χ1n) is 10.9. The Balaban J connectivity index is 1.35. The van der Waals surface area contributed by atoms with Crippen LogP contribution in [0.5, 0.6) is 0 Å². The van der Waals surface area contributed by atoms with Crippen LogP contribution in [0.25, 0.3) is 0 Å². The highest BCUT2D eigenvalue weighted by Crippen LogP contribution is 2.27. The van der Waals surface area contributed by atoms with Crippen molar-refractivity contribution < 1.29 is 27.5 Å². The first kappa shape index (κ1) is 23.1. The summed E-state index contributed by atoms with van der Waals surface area (Å²) in [5, 5.41) is 0. The van der Waals surface area contributed by atoms with Crippen molar-refractivity contribution in [1.82, 2.24) is 9.21 Å². The second kappa shape index (κ2) is 9.07. The zero-order valence-electron chi connectivity index (χ0n) is 18.6. The standard InChI is InChI=1S/C24H26N2O6S/c1-16-13-17(2)15-25(14-16)33(30,31)19-9-7-18(8-10-19)24(29)32-12-11-26-22(27)20-5-3-4-6-21(20)23(26)28/h3-10,16-17H,11-15H2,1-2H3. The predicted molar refractivity (Wildman–Crippen MR) is 120 cm³/mol. The maximum absolute atomic E-state index is 13.0. The molecule has 2 aromatic carbocycles. The van der Waals surface area contributed by atoms with E-state index in [1.807, 2.05) is 13.8 Å². The van der Waals surface area contributed by atoms with E-state index in [1.54, 1.807) is 24.3 Å². The van der Waals surface area contributed by atoms with Crippen molar-refractivity contribution in [1.29, 1.82) is 0 Å². The summed E-state index contributed by atoms with van der Waals surface area (Å²) >= 11 is 0. The Morgan fingerprint density at radius 1 is 0.939 bits per heavy atom. The largest absolute Gasteiger partial charge is 0.460 e. The van der Waals surface area contributed by atoms with E-state index in [0.29, 0.717) is 36.1 Å². The van der Waals surface area contributed by atoms with E-state index in [4.69, 9.17) is 4.74 Å². The molecule has 0 N–H and O–H groups in total.